The number of esters is 3. The highest BCUT2D eigenvalue weighted by Crippen LogP contribution is 2.19. The number of ether oxygens (including phenoxy) is 3. The van der Waals surface area contributed by atoms with Crippen molar-refractivity contribution in [3.8, 4) is 0 Å². The Bertz CT molecular complexity index is 1060. The molecule has 0 unspecified atom stereocenters. The highest BCUT2D eigenvalue weighted by Gasteiger charge is 2.19. The van der Waals surface area contributed by atoms with Crippen molar-refractivity contribution >= 4 is 17.9 Å². The Balaban J connectivity index is 4.28. The van der Waals surface area contributed by atoms with Gasteiger partial charge in [0.2, 0.25) is 0 Å². The minimum absolute atomic E-state index is 0.0611. The van der Waals surface area contributed by atoms with Gasteiger partial charge in [-0.2, -0.15) is 0 Å². The maximum absolute atomic E-state index is 12.9. The molecule has 1 atom stereocenters. The van der Waals surface area contributed by atoms with Gasteiger partial charge in [0.25, 0.3) is 0 Å². The molecule has 70 heavy (non-hydrogen) atoms. The van der Waals surface area contributed by atoms with E-state index in [1.54, 1.807) is 0 Å². The average Bonchev–Trinajstić information content (AvgIpc) is 3.35. The maximum Gasteiger partial charge on any atom is 0.306 e. The van der Waals surface area contributed by atoms with E-state index in [2.05, 4.69) is 27.7 Å². The molecule has 6 heteroatoms. The van der Waals surface area contributed by atoms with Crippen LogP contribution in [0.25, 0.3) is 0 Å². The van der Waals surface area contributed by atoms with Gasteiger partial charge in [-0.05, 0) is 25.2 Å². The molecule has 0 amide bonds. The number of rotatable bonds is 59. The summed E-state index contributed by atoms with van der Waals surface area (Å²) in [5.74, 6) is 0.0204. The first-order chi connectivity index (χ1) is 34.4. The summed E-state index contributed by atoms with van der Waals surface area (Å²) in [5, 5.41) is 0. The molecule has 0 N–H and O–H groups in total. The van der Waals surface area contributed by atoms with Crippen molar-refractivity contribution in [3.63, 3.8) is 0 Å². The fourth-order valence-electron chi connectivity index (χ4n) is 9.99. The number of carbonyl (C=O) groups is 3. The SMILES string of the molecule is CCCCCCCCCCCCCCCCCCCCCC(=O)OC[C@H](COC(=O)CCCCCCCCCCCCCCCCC)OC(=O)CCCCCCCCCCCCCCCCCC(C)C. The molecule has 0 heterocycles. The van der Waals surface area contributed by atoms with Gasteiger partial charge in [-0.15, -0.1) is 0 Å². The third kappa shape index (κ3) is 57.3. The van der Waals surface area contributed by atoms with Crippen LogP contribution in [0.5, 0.6) is 0 Å². The normalized spacial score (nSPS) is 12.0. The standard InChI is InChI=1S/C64H124O6/c1-5-7-9-11-13-15-17-19-21-22-23-24-28-32-36-40-44-48-52-56-63(66)69-59-61(58-68-62(65)55-51-47-43-39-35-31-26-20-18-16-14-12-10-8-6-2)70-64(67)57-53-49-45-41-37-33-29-25-27-30-34-38-42-46-50-54-60(3)4/h60-61H,5-59H2,1-4H3/t61-/m0/s1. The van der Waals surface area contributed by atoms with E-state index in [9.17, 15) is 14.4 Å². The van der Waals surface area contributed by atoms with Crippen LogP contribution in [-0.2, 0) is 28.6 Å². The summed E-state index contributed by atoms with van der Waals surface area (Å²) >= 11 is 0. The lowest BCUT2D eigenvalue weighted by Gasteiger charge is -2.18. The summed E-state index contributed by atoms with van der Waals surface area (Å²) in [6.07, 6.45) is 65.3. The first kappa shape index (κ1) is 68.4. The molecule has 0 aliphatic carbocycles. The lowest BCUT2D eigenvalue weighted by Crippen LogP contribution is -2.30. The van der Waals surface area contributed by atoms with Crippen molar-refractivity contribution in [2.45, 2.75) is 374 Å². The van der Waals surface area contributed by atoms with Gasteiger partial charge in [0.05, 0.1) is 0 Å². The third-order valence-electron chi connectivity index (χ3n) is 14.8. The predicted octanol–water partition coefficient (Wildman–Crippen LogP) is 21.4. The second-order valence-electron chi connectivity index (χ2n) is 22.5. The molecule has 0 aromatic carbocycles. The van der Waals surface area contributed by atoms with Crippen LogP contribution in [0.3, 0.4) is 0 Å². The first-order valence-electron chi connectivity index (χ1n) is 31.9. The van der Waals surface area contributed by atoms with Crippen molar-refractivity contribution in [3.05, 3.63) is 0 Å². The minimum atomic E-state index is -0.763. The van der Waals surface area contributed by atoms with Crippen molar-refractivity contribution < 1.29 is 28.6 Å². The molecule has 416 valence electrons. The molecule has 0 saturated heterocycles. The van der Waals surface area contributed by atoms with Gasteiger partial charge in [0.15, 0.2) is 6.10 Å². The smallest absolute Gasteiger partial charge is 0.306 e. The molecular formula is C64H124O6. The van der Waals surface area contributed by atoms with Crippen LogP contribution in [0, 0.1) is 5.92 Å². The monoisotopic (exact) mass is 989 g/mol. The number of carbonyl (C=O) groups excluding carboxylic acids is 3. The molecule has 0 aliphatic rings. The van der Waals surface area contributed by atoms with Crippen LogP contribution in [0.4, 0.5) is 0 Å². The van der Waals surface area contributed by atoms with Gasteiger partial charge >= 0.3 is 17.9 Å². The Labute approximate surface area is 438 Å². The molecule has 0 radical (unpaired) electrons. The summed E-state index contributed by atoms with van der Waals surface area (Å²) in [6, 6.07) is 0. The highest BCUT2D eigenvalue weighted by atomic mass is 16.6. The van der Waals surface area contributed by atoms with Gasteiger partial charge in [0.1, 0.15) is 13.2 Å². The van der Waals surface area contributed by atoms with Crippen LogP contribution >= 0.6 is 0 Å². The zero-order valence-corrected chi connectivity index (χ0v) is 48.0. The minimum Gasteiger partial charge on any atom is -0.462 e. The van der Waals surface area contributed by atoms with Gasteiger partial charge < -0.3 is 14.2 Å². The van der Waals surface area contributed by atoms with Crippen LogP contribution < -0.4 is 0 Å². The van der Waals surface area contributed by atoms with E-state index in [4.69, 9.17) is 14.2 Å². The molecule has 0 rings (SSSR count). The zero-order valence-electron chi connectivity index (χ0n) is 48.0. The Morgan fingerprint density at radius 3 is 0.700 bits per heavy atom. The van der Waals surface area contributed by atoms with E-state index in [1.807, 2.05) is 0 Å². The second kappa shape index (κ2) is 58.3. The fourth-order valence-corrected chi connectivity index (χ4v) is 9.99. The molecule has 6 nitrogen and oxygen atoms in total. The average molecular weight is 990 g/mol. The van der Waals surface area contributed by atoms with E-state index in [-0.39, 0.29) is 31.1 Å². The summed E-state index contributed by atoms with van der Waals surface area (Å²) in [7, 11) is 0. The number of hydrogen-bond donors (Lipinski definition) is 0. The summed E-state index contributed by atoms with van der Waals surface area (Å²) < 4.78 is 17.0. The largest absolute Gasteiger partial charge is 0.462 e. The van der Waals surface area contributed by atoms with E-state index >= 15 is 0 Å². The molecule has 0 fully saturated rings. The number of hydrogen-bond acceptors (Lipinski definition) is 6. The van der Waals surface area contributed by atoms with Crippen LogP contribution in [-0.4, -0.2) is 37.2 Å². The van der Waals surface area contributed by atoms with Crippen LogP contribution in [0.2, 0.25) is 0 Å². The van der Waals surface area contributed by atoms with Gasteiger partial charge in [-0.25, -0.2) is 0 Å². The Hall–Kier alpha value is -1.59. The van der Waals surface area contributed by atoms with Crippen LogP contribution in [0.15, 0.2) is 0 Å². The highest BCUT2D eigenvalue weighted by molar-refractivity contribution is 5.71. The van der Waals surface area contributed by atoms with Crippen molar-refractivity contribution in [2.75, 3.05) is 13.2 Å². The molecule has 0 aromatic heterocycles. The summed E-state index contributed by atoms with van der Waals surface area (Å²) in [6.45, 7) is 9.09. The molecule has 0 aromatic rings. The molecule has 0 bridgehead atoms. The third-order valence-corrected chi connectivity index (χ3v) is 14.8. The number of unbranched alkanes of at least 4 members (excludes halogenated alkanes) is 46. The molecule has 0 spiro atoms. The maximum atomic E-state index is 12.9. The van der Waals surface area contributed by atoms with E-state index in [1.165, 1.54) is 263 Å². The Morgan fingerprint density at radius 1 is 0.271 bits per heavy atom. The van der Waals surface area contributed by atoms with Crippen molar-refractivity contribution in [1.29, 1.82) is 0 Å². The van der Waals surface area contributed by atoms with Crippen molar-refractivity contribution in [1.82, 2.24) is 0 Å². The summed E-state index contributed by atoms with van der Waals surface area (Å²) in [5.41, 5.74) is 0. The van der Waals surface area contributed by atoms with Crippen molar-refractivity contribution in [2.24, 2.45) is 5.92 Å². The Kier molecular flexibility index (Phi) is 57.0. The second-order valence-corrected chi connectivity index (χ2v) is 22.5. The first-order valence-corrected chi connectivity index (χ1v) is 31.9. The topological polar surface area (TPSA) is 78.9 Å². The lowest BCUT2D eigenvalue weighted by molar-refractivity contribution is -0.167. The lowest BCUT2D eigenvalue weighted by atomic mass is 10.0. The summed E-state index contributed by atoms with van der Waals surface area (Å²) in [4.78, 5) is 38.3. The van der Waals surface area contributed by atoms with E-state index in [0.29, 0.717) is 19.3 Å². The zero-order chi connectivity index (χ0) is 50.9. The fraction of sp³-hybridized carbons (Fsp3) is 0.953. The quantitative estimate of drug-likeness (QED) is 0.0343. The van der Waals surface area contributed by atoms with E-state index in [0.717, 1.165) is 63.7 Å². The van der Waals surface area contributed by atoms with E-state index < -0.39 is 6.10 Å². The van der Waals surface area contributed by atoms with Crippen LogP contribution in [0.1, 0.15) is 368 Å². The molecule has 0 saturated carbocycles. The molecular weight excluding hydrogens is 865 g/mol. The predicted molar refractivity (Wildman–Crippen MR) is 303 cm³/mol. The molecule has 0 aliphatic heterocycles. The Morgan fingerprint density at radius 2 is 0.471 bits per heavy atom. The van der Waals surface area contributed by atoms with Gasteiger partial charge in [0, 0.05) is 19.3 Å². The van der Waals surface area contributed by atoms with Gasteiger partial charge in [-0.1, -0.05) is 329 Å². The van der Waals surface area contributed by atoms with Gasteiger partial charge in [-0.3, -0.25) is 14.4 Å².